The van der Waals surface area contributed by atoms with Gasteiger partial charge in [-0.1, -0.05) is 22.9 Å². The van der Waals surface area contributed by atoms with Crippen molar-refractivity contribution in [2.45, 2.75) is 19.4 Å². The zero-order valence-electron chi connectivity index (χ0n) is 10.3. The van der Waals surface area contributed by atoms with E-state index in [-0.39, 0.29) is 0 Å². The van der Waals surface area contributed by atoms with Crippen molar-refractivity contribution in [2.75, 3.05) is 25.1 Å². The number of hydrogen-bond acceptors (Lipinski definition) is 3. The molecule has 2 atom stereocenters. The largest absolute Gasteiger partial charge is 0.495 e. The van der Waals surface area contributed by atoms with Crippen LogP contribution in [0.3, 0.4) is 0 Å². The molecule has 2 rings (SSSR count). The second-order valence-electron chi connectivity index (χ2n) is 4.69. The molecule has 0 aromatic heterocycles. The van der Waals surface area contributed by atoms with Crippen LogP contribution in [0.15, 0.2) is 22.7 Å². The molecule has 1 aromatic carbocycles. The minimum Gasteiger partial charge on any atom is -0.495 e. The van der Waals surface area contributed by atoms with Crippen LogP contribution in [0, 0.1) is 5.92 Å². The smallest absolute Gasteiger partial charge is 0.142 e. The molecule has 0 aliphatic carbocycles. The molecule has 0 bridgehead atoms. The fourth-order valence-electron chi connectivity index (χ4n) is 2.29. The topological polar surface area (TPSA) is 38.5 Å². The lowest BCUT2D eigenvalue weighted by Gasteiger charge is -2.37. The number of hydrogen-bond donors (Lipinski definition) is 1. The van der Waals surface area contributed by atoms with Crippen molar-refractivity contribution in [1.29, 1.82) is 0 Å². The Hall–Kier alpha value is -0.740. The summed E-state index contributed by atoms with van der Waals surface area (Å²) in [5, 5.41) is 0. The predicted molar refractivity (Wildman–Crippen MR) is 74.7 cm³/mol. The fourth-order valence-corrected chi connectivity index (χ4v) is 2.64. The highest BCUT2D eigenvalue weighted by Gasteiger charge is 2.24. The van der Waals surface area contributed by atoms with Gasteiger partial charge in [0.05, 0.1) is 12.8 Å². The highest BCUT2D eigenvalue weighted by molar-refractivity contribution is 9.10. The highest BCUT2D eigenvalue weighted by Crippen LogP contribution is 2.33. The quantitative estimate of drug-likeness (QED) is 0.912. The summed E-state index contributed by atoms with van der Waals surface area (Å²) in [4.78, 5) is 2.36. The molecule has 17 heavy (non-hydrogen) atoms. The Labute approximate surface area is 111 Å². The zero-order chi connectivity index (χ0) is 12.4. The summed E-state index contributed by atoms with van der Waals surface area (Å²) in [5.41, 5.74) is 7.21. The van der Waals surface area contributed by atoms with Gasteiger partial charge in [-0.3, -0.25) is 0 Å². The summed E-state index contributed by atoms with van der Waals surface area (Å²) in [6.45, 7) is 4.20. The molecule has 1 fully saturated rings. The Bertz CT molecular complexity index is 397. The van der Waals surface area contributed by atoms with Crippen molar-refractivity contribution in [3.63, 3.8) is 0 Å². The molecule has 94 valence electrons. The van der Waals surface area contributed by atoms with Crippen molar-refractivity contribution < 1.29 is 4.74 Å². The first kappa shape index (κ1) is 12.7. The molecular formula is C13H19BrN2O. The van der Waals surface area contributed by atoms with Crippen LogP contribution in [0.25, 0.3) is 0 Å². The molecule has 0 amide bonds. The molecule has 4 heteroatoms. The van der Waals surface area contributed by atoms with Gasteiger partial charge in [0.1, 0.15) is 5.75 Å². The van der Waals surface area contributed by atoms with Crippen LogP contribution in [-0.4, -0.2) is 26.2 Å². The molecular weight excluding hydrogens is 280 g/mol. The summed E-state index contributed by atoms with van der Waals surface area (Å²) in [7, 11) is 1.71. The van der Waals surface area contributed by atoms with Crippen LogP contribution in [0.1, 0.15) is 13.3 Å². The van der Waals surface area contributed by atoms with E-state index in [0.29, 0.717) is 12.0 Å². The van der Waals surface area contributed by atoms with E-state index in [1.54, 1.807) is 7.11 Å². The monoisotopic (exact) mass is 298 g/mol. The Morgan fingerprint density at radius 2 is 2.24 bits per heavy atom. The van der Waals surface area contributed by atoms with E-state index in [0.717, 1.165) is 35.4 Å². The van der Waals surface area contributed by atoms with E-state index in [2.05, 4.69) is 33.8 Å². The van der Waals surface area contributed by atoms with E-state index in [4.69, 9.17) is 10.5 Å². The predicted octanol–water partition coefficient (Wildman–Crippen LogP) is 2.63. The summed E-state index contributed by atoms with van der Waals surface area (Å²) in [6.07, 6.45) is 1.04. The van der Waals surface area contributed by atoms with Gasteiger partial charge in [-0.15, -0.1) is 0 Å². The van der Waals surface area contributed by atoms with E-state index in [1.807, 2.05) is 12.1 Å². The van der Waals surface area contributed by atoms with E-state index >= 15 is 0 Å². The second-order valence-corrected chi connectivity index (χ2v) is 5.61. The third kappa shape index (κ3) is 2.75. The average Bonchev–Trinajstić information content (AvgIpc) is 2.32. The Morgan fingerprint density at radius 3 is 2.88 bits per heavy atom. The normalized spacial score (nSPS) is 24.8. The van der Waals surface area contributed by atoms with E-state index in [9.17, 15) is 0 Å². The van der Waals surface area contributed by atoms with Crippen LogP contribution < -0.4 is 15.4 Å². The summed E-state index contributed by atoms with van der Waals surface area (Å²) >= 11 is 3.51. The number of nitrogens with two attached hydrogens (primary N) is 1. The number of methoxy groups -OCH3 is 1. The highest BCUT2D eigenvalue weighted by atomic mass is 79.9. The summed E-state index contributed by atoms with van der Waals surface area (Å²) in [6, 6.07) is 6.44. The maximum Gasteiger partial charge on any atom is 0.142 e. The number of ether oxygens (including phenoxy) is 1. The Morgan fingerprint density at radius 1 is 1.47 bits per heavy atom. The Balaban J connectivity index is 2.24. The lowest BCUT2D eigenvalue weighted by Crippen LogP contribution is -2.46. The first-order valence-electron chi connectivity index (χ1n) is 5.96. The van der Waals surface area contributed by atoms with Gasteiger partial charge in [0.25, 0.3) is 0 Å². The maximum atomic E-state index is 6.05. The lowest BCUT2D eigenvalue weighted by atomic mass is 9.94. The molecule has 2 N–H and O–H groups in total. The molecule has 0 radical (unpaired) electrons. The van der Waals surface area contributed by atoms with Crippen LogP contribution in [-0.2, 0) is 0 Å². The number of piperidine rings is 1. The van der Waals surface area contributed by atoms with Crippen LogP contribution in [0.2, 0.25) is 0 Å². The molecule has 1 aliphatic rings. The molecule has 3 nitrogen and oxygen atoms in total. The molecule has 1 heterocycles. The van der Waals surface area contributed by atoms with Gasteiger partial charge < -0.3 is 15.4 Å². The van der Waals surface area contributed by atoms with Crippen molar-refractivity contribution in [1.82, 2.24) is 0 Å². The molecule has 0 saturated carbocycles. The third-order valence-corrected chi connectivity index (χ3v) is 3.95. The van der Waals surface area contributed by atoms with Crippen molar-refractivity contribution in [2.24, 2.45) is 11.7 Å². The molecule has 1 aliphatic heterocycles. The van der Waals surface area contributed by atoms with Crippen LogP contribution in [0.5, 0.6) is 5.75 Å². The minimum atomic E-state index is 0.324. The lowest BCUT2D eigenvalue weighted by molar-refractivity contribution is 0.374. The van der Waals surface area contributed by atoms with Crippen LogP contribution >= 0.6 is 15.9 Å². The van der Waals surface area contributed by atoms with Gasteiger partial charge >= 0.3 is 0 Å². The number of benzene rings is 1. The first-order valence-corrected chi connectivity index (χ1v) is 6.75. The SMILES string of the molecule is COc1ccc(Br)cc1N1CCC(N)C(C)C1. The first-order chi connectivity index (χ1) is 8.11. The standard InChI is InChI=1S/C13H19BrN2O/c1-9-8-16(6-5-11(9)15)12-7-10(14)3-4-13(12)17-2/h3-4,7,9,11H,5-6,8,15H2,1-2H3. The minimum absolute atomic E-state index is 0.324. The molecule has 0 spiro atoms. The van der Waals surface area contributed by atoms with Crippen LogP contribution in [0.4, 0.5) is 5.69 Å². The summed E-state index contributed by atoms with van der Waals surface area (Å²) < 4.78 is 6.50. The van der Waals surface area contributed by atoms with Gasteiger partial charge in [-0.05, 0) is 30.5 Å². The Kier molecular flexibility index (Phi) is 3.94. The van der Waals surface area contributed by atoms with Crippen molar-refractivity contribution in [3.05, 3.63) is 22.7 Å². The van der Waals surface area contributed by atoms with Gasteiger partial charge in [-0.2, -0.15) is 0 Å². The number of anilines is 1. The van der Waals surface area contributed by atoms with Crippen molar-refractivity contribution in [3.8, 4) is 5.75 Å². The van der Waals surface area contributed by atoms with Gasteiger partial charge in [0.15, 0.2) is 0 Å². The maximum absolute atomic E-state index is 6.05. The molecule has 2 unspecified atom stereocenters. The number of nitrogens with zero attached hydrogens (tertiary/aromatic N) is 1. The van der Waals surface area contributed by atoms with Gasteiger partial charge in [0, 0.05) is 23.6 Å². The zero-order valence-corrected chi connectivity index (χ0v) is 11.9. The van der Waals surface area contributed by atoms with E-state index < -0.39 is 0 Å². The fraction of sp³-hybridized carbons (Fsp3) is 0.538. The number of halogens is 1. The second kappa shape index (κ2) is 5.27. The number of rotatable bonds is 2. The molecule has 1 saturated heterocycles. The van der Waals surface area contributed by atoms with E-state index in [1.165, 1.54) is 0 Å². The van der Waals surface area contributed by atoms with Gasteiger partial charge in [-0.25, -0.2) is 0 Å². The average molecular weight is 299 g/mol. The summed E-state index contributed by atoms with van der Waals surface area (Å²) in [5.74, 6) is 1.45. The van der Waals surface area contributed by atoms with Crippen molar-refractivity contribution >= 4 is 21.6 Å². The molecule has 1 aromatic rings. The van der Waals surface area contributed by atoms with Gasteiger partial charge in [0.2, 0.25) is 0 Å². The third-order valence-electron chi connectivity index (χ3n) is 3.45.